The van der Waals surface area contributed by atoms with Gasteiger partial charge in [-0.15, -0.1) is 0 Å². The molecule has 1 heterocycles. The summed E-state index contributed by atoms with van der Waals surface area (Å²) in [7, 11) is 1.57. The molecule has 2 aromatic carbocycles. The maximum Gasteiger partial charge on any atom is 0.418 e. The predicted molar refractivity (Wildman–Crippen MR) is 119 cm³/mol. The number of likely N-dealkylation sites (tertiary alicyclic amines) is 1. The quantitative estimate of drug-likeness (QED) is 0.558. The Bertz CT molecular complexity index is 991. The number of nitrogens with zero attached hydrogens (tertiary/aromatic N) is 1. The van der Waals surface area contributed by atoms with Gasteiger partial charge in [0.05, 0.1) is 24.4 Å². The number of carbonyl (C=O) groups excluding carboxylic acids is 2. The number of ether oxygens (including phenoxy) is 1. The number of benzene rings is 2. The van der Waals surface area contributed by atoms with E-state index in [0.717, 1.165) is 43.6 Å². The third-order valence-electron chi connectivity index (χ3n) is 5.43. The number of methoxy groups -OCH3 is 1. The molecule has 178 valence electrons. The minimum absolute atomic E-state index is 0.00828. The van der Waals surface area contributed by atoms with Crippen molar-refractivity contribution >= 4 is 23.3 Å². The summed E-state index contributed by atoms with van der Waals surface area (Å²) in [6, 6.07) is 9.76. The van der Waals surface area contributed by atoms with E-state index in [2.05, 4.69) is 20.9 Å². The first-order valence-corrected chi connectivity index (χ1v) is 10.6. The summed E-state index contributed by atoms with van der Waals surface area (Å²) in [6.45, 7) is 3.10. The predicted octanol–water partition coefficient (Wildman–Crippen LogP) is 4.63. The van der Waals surface area contributed by atoms with Crippen LogP contribution in [0, 0.1) is 0 Å². The van der Waals surface area contributed by atoms with Gasteiger partial charge in [-0.05, 0) is 50.2 Å². The summed E-state index contributed by atoms with van der Waals surface area (Å²) in [5, 5.41) is 7.30. The lowest BCUT2D eigenvalue weighted by Gasteiger charge is -2.29. The number of alkyl halides is 3. The van der Waals surface area contributed by atoms with Gasteiger partial charge in [-0.2, -0.15) is 13.2 Å². The van der Waals surface area contributed by atoms with Crippen LogP contribution in [0.4, 0.5) is 29.3 Å². The van der Waals surface area contributed by atoms with Crippen LogP contribution in [-0.2, 0) is 11.0 Å². The largest absolute Gasteiger partial charge is 0.496 e. The smallest absolute Gasteiger partial charge is 0.418 e. The van der Waals surface area contributed by atoms with Crippen molar-refractivity contribution in [3.05, 3.63) is 53.6 Å². The van der Waals surface area contributed by atoms with E-state index in [0.29, 0.717) is 5.75 Å². The molecule has 0 saturated carbocycles. The van der Waals surface area contributed by atoms with Crippen LogP contribution >= 0.6 is 0 Å². The molecule has 1 atom stereocenters. The Balaban J connectivity index is 1.75. The van der Waals surface area contributed by atoms with E-state index in [1.807, 2.05) is 24.3 Å². The number of amides is 3. The molecule has 0 bridgehead atoms. The van der Waals surface area contributed by atoms with Crippen molar-refractivity contribution in [1.29, 1.82) is 0 Å². The zero-order valence-corrected chi connectivity index (χ0v) is 18.5. The molecule has 3 rings (SSSR count). The fraction of sp³-hybridized carbons (Fsp3) is 0.391. The number of rotatable bonds is 7. The first kappa shape index (κ1) is 24.4. The van der Waals surface area contributed by atoms with Crippen molar-refractivity contribution in [2.45, 2.75) is 32.0 Å². The monoisotopic (exact) mass is 464 g/mol. The molecule has 1 fully saturated rings. The summed E-state index contributed by atoms with van der Waals surface area (Å²) in [6.07, 6.45) is -2.65. The number of urea groups is 1. The summed E-state index contributed by atoms with van der Waals surface area (Å²) in [5.41, 5.74) is -0.558. The van der Waals surface area contributed by atoms with E-state index >= 15 is 0 Å². The highest BCUT2D eigenvalue weighted by Gasteiger charge is 2.34. The van der Waals surface area contributed by atoms with Crippen molar-refractivity contribution in [1.82, 2.24) is 10.2 Å². The first-order chi connectivity index (χ1) is 15.7. The molecule has 3 N–H and O–H groups in total. The number of carbonyl (C=O) groups is 2. The van der Waals surface area contributed by atoms with Crippen LogP contribution in [0.15, 0.2) is 42.5 Å². The third kappa shape index (κ3) is 6.38. The summed E-state index contributed by atoms with van der Waals surface area (Å²) in [5.74, 6) is 0.190. The highest BCUT2D eigenvalue weighted by molar-refractivity contribution is 5.92. The van der Waals surface area contributed by atoms with Crippen LogP contribution in [-0.4, -0.2) is 43.6 Å². The topological polar surface area (TPSA) is 82.7 Å². The van der Waals surface area contributed by atoms with Crippen molar-refractivity contribution < 1.29 is 27.5 Å². The van der Waals surface area contributed by atoms with E-state index in [1.54, 1.807) is 7.11 Å². The average molecular weight is 464 g/mol. The number of hydrogen-bond acceptors (Lipinski definition) is 4. The fourth-order valence-corrected chi connectivity index (χ4v) is 3.96. The molecule has 1 aliphatic rings. The second-order valence-corrected chi connectivity index (χ2v) is 7.78. The molecule has 1 unspecified atom stereocenters. The molecule has 3 amide bonds. The molecule has 1 saturated heterocycles. The number of anilines is 2. The SMILES string of the molecule is COc1ccccc1C(CNC(=O)Nc1ccc(NC(C)=O)cc1C(F)(F)F)N1CCCC1. The molecular formula is C23H27F3N4O3. The van der Waals surface area contributed by atoms with Gasteiger partial charge in [0.1, 0.15) is 5.75 Å². The van der Waals surface area contributed by atoms with Crippen LogP contribution in [0.2, 0.25) is 0 Å². The van der Waals surface area contributed by atoms with Crippen LogP contribution in [0.25, 0.3) is 0 Å². The Morgan fingerprint density at radius 3 is 2.42 bits per heavy atom. The van der Waals surface area contributed by atoms with Crippen LogP contribution in [0.5, 0.6) is 5.75 Å². The minimum Gasteiger partial charge on any atom is -0.496 e. The minimum atomic E-state index is -4.72. The highest BCUT2D eigenvalue weighted by Crippen LogP contribution is 2.37. The van der Waals surface area contributed by atoms with E-state index in [1.165, 1.54) is 13.0 Å². The molecule has 2 aromatic rings. The first-order valence-electron chi connectivity index (χ1n) is 10.6. The highest BCUT2D eigenvalue weighted by atomic mass is 19.4. The molecule has 0 aliphatic carbocycles. The van der Waals surface area contributed by atoms with Crippen molar-refractivity contribution in [2.24, 2.45) is 0 Å². The van der Waals surface area contributed by atoms with E-state index in [4.69, 9.17) is 4.74 Å². The number of para-hydroxylation sites is 1. The molecule has 0 spiro atoms. The molecule has 1 aliphatic heterocycles. The van der Waals surface area contributed by atoms with Gasteiger partial charge in [0.15, 0.2) is 0 Å². The molecule has 0 radical (unpaired) electrons. The van der Waals surface area contributed by atoms with Crippen molar-refractivity contribution in [3.63, 3.8) is 0 Å². The number of nitrogens with one attached hydrogen (secondary N) is 3. The zero-order valence-electron chi connectivity index (χ0n) is 18.5. The van der Waals surface area contributed by atoms with E-state index < -0.39 is 29.4 Å². The summed E-state index contributed by atoms with van der Waals surface area (Å²) in [4.78, 5) is 25.9. The standard InChI is InChI=1S/C23H27F3N4O3/c1-15(31)28-16-9-10-19(18(13-16)23(24,25)26)29-22(32)27-14-20(30-11-5-6-12-30)17-7-3-4-8-21(17)33-2/h3-4,7-10,13,20H,5-6,11-12,14H2,1-2H3,(H,28,31)(H2,27,29,32). The zero-order chi connectivity index (χ0) is 24.0. The second kappa shape index (κ2) is 10.6. The van der Waals surface area contributed by atoms with Gasteiger partial charge in [-0.1, -0.05) is 18.2 Å². The maximum atomic E-state index is 13.5. The van der Waals surface area contributed by atoms with E-state index in [9.17, 15) is 22.8 Å². The molecule has 33 heavy (non-hydrogen) atoms. The Kier molecular flexibility index (Phi) is 7.80. The number of halogens is 3. The normalized spacial score (nSPS) is 15.1. The Morgan fingerprint density at radius 1 is 1.09 bits per heavy atom. The number of hydrogen-bond donors (Lipinski definition) is 3. The molecule has 0 aromatic heterocycles. The Hall–Kier alpha value is -3.27. The lowest BCUT2D eigenvalue weighted by Crippen LogP contribution is -2.39. The lowest BCUT2D eigenvalue weighted by molar-refractivity contribution is -0.137. The lowest BCUT2D eigenvalue weighted by atomic mass is 10.0. The molecule has 7 nitrogen and oxygen atoms in total. The van der Waals surface area contributed by atoms with Gasteiger partial charge in [-0.3, -0.25) is 9.69 Å². The second-order valence-electron chi connectivity index (χ2n) is 7.78. The maximum absolute atomic E-state index is 13.5. The summed E-state index contributed by atoms with van der Waals surface area (Å²) < 4.78 is 46.1. The average Bonchev–Trinajstić information content (AvgIpc) is 3.29. The van der Waals surface area contributed by atoms with Crippen LogP contribution in [0.1, 0.15) is 36.9 Å². The van der Waals surface area contributed by atoms with Gasteiger partial charge in [0.2, 0.25) is 5.91 Å². The summed E-state index contributed by atoms with van der Waals surface area (Å²) >= 11 is 0. The Morgan fingerprint density at radius 2 is 1.79 bits per heavy atom. The van der Waals surface area contributed by atoms with E-state index in [-0.39, 0.29) is 18.3 Å². The van der Waals surface area contributed by atoms with Gasteiger partial charge in [0.25, 0.3) is 0 Å². The molecule has 10 heteroatoms. The van der Waals surface area contributed by atoms with Gasteiger partial charge in [-0.25, -0.2) is 4.79 Å². The van der Waals surface area contributed by atoms with Gasteiger partial charge in [0, 0.05) is 24.7 Å². The third-order valence-corrected chi connectivity index (χ3v) is 5.43. The van der Waals surface area contributed by atoms with Crippen molar-refractivity contribution in [2.75, 3.05) is 37.4 Å². The molecular weight excluding hydrogens is 437 g/mol. The Labute approximate surface area is 190 Å². The van der Waals surface area contributed by atoms with Crippen LogP contribution < -0.4 is 20.7 Å². The van der Waals surface area contributed by atoms with Crippen molar-refractivity contribution in [3.8, 4) is 5.75 Å². The van der Waals surface area contributed by atoms with Crippen LogP contribution in [0.3, 0.4) is 0 Å². The van der Waals surface area contributed by atoms with Gasteiger partial charge < -0.3 is 20.7 Å². The fourth-order valence-electron chi connectivity index (χ4n) is 3.96. The van der Waals surface area contributed by atoms with Gasteiger partial charge >= 0.3 is 12.2 Å².